The van der Waals surface area contributed by atoms with Gasteiger partial charge in [0.05, 0.1) is 17.8 Å². The number of benzene rings is 1. The fraction of sp³-hybridized carbons (Fsp3) is 0.167. The van der Waals surface area contributed by atoms with Crippen LogP contribution in [0.1, 0.15) is 11.3 Å². The molecule has 0 atom stereocenters. The lowest BCUT2D eigenvalue weighted by Gasteiger charge is -2.10. The first kappa shape index (κ1) is 12.1. The molecule has 0 fully saturated rings. The van der Waals surface area contributed by atoms with Crippen molar-refractivity contribution in [3.63, 3.8) is 0 Å². The summed E-state index contributed by atoms with van der Waals surface area (Å²) < 4.78 is 5.27. The van der Waals surface area contributed by atoms with E-state index in [9.17, 15) is 0 Å². The van der Waals surface area contributed by atoms with Crippen molar-refractivity contribution in [2.45, 2.75) is 6.92 Å². The number of hydrogen-bond donors (Lipinski definition) is 1. The van der Waals surface area contributed by atoms with Crippen LogP contribution in [0.25, 0.3) is 10.9 Å². The van der Waals surface area contributed by atoms with Crippen molar-refractivity contribution in [3.05, 3.63) is 34.5 Å². The zero-order valence-corrected chi connectivity index (χ0v) is 11.0. The maximum Gasteiger partial charge on any atom is 0.145 e. The second-order valence-corrected chi connectivity index (χ2v) is 4.51. The van der Waals surface area contributed by atoms with Crippen LogP contribution in [0.5, 0.6) is 5.75 Å². The lowest BCUT2D eigenvalue weighted by Crippen LogP contribution is -2.12. The van der Waals surface area contributed by atoms with Crippen LogP contribution < -0.4 is 10.5 Å². The average molecular weight is 267 g/mol. The number of fused-ring (bicyclic) bond motifs is 1. The summed E-state index contributed by atoms with van der Waals surface area (Å²) in [6.45, 7) is 1.94. The summed E-state index contributed by atoms with van der Waals surface area (Å²) in [5.74, 6) is 0.658. The molecule has 0 saturated carbocycles. The molecule has 3 nitrogen and oxygen atoms in total. The van der Waals surface area contributed by atoms with Gasteiger partial charge in [-0.15, -0.1) is 0 Å². The molecular weight excluding hydrogens is 256 g/mol. The monoisotopic (exact) mass is 266 g/mol. The van der Waals surface area contributed by atoms with Crippen molar-refractivity contribution in [3.8, 4) is 5.75 Å². The Hall–Kier alpha value is -1.39. The summed E-state index contributed by atoms with van der Waals surface area (Å²) in [5.41, 5.74) is 7.83. The minimum Gasteiger partial charge on any atom is -0.494 e. The molecule has 1 heterocycles. The van der Waals surface area contributed by atoms with Gasteiger partial charge in [0.2, 0.25) is 0 Å². The van der Waals surface area contributed by atoms with Crippen LogP contribution in [0.4, 0.5) is 0 Å². The number of aromatic nitrogens is 1. The summed E-state index contributed by atoms with van der Waals surface area (Å²) in [4.78, 5) is 4.65. The zero-order chi connectivity index (χ0) is 12.6. The number of ether oxygens (including phenoxy) is 1. The third-order valence-corrected chi connectivity index (χ3v) is 3.07. The smallest absolute Gasteiger partial charge is 0.145 e. The predicted octanol–water partition coefficient (Wildman–Crippen LogP) is 2.84. The highest BCUT2D eigenvalue weighted by molar-refractivity contribution is 7.80. The lowest BCUT2D eigenvalue weighted by molar-refractivity contribution is 0.419. The fourth-order valence-electron chi connectivity index (χ4n) is 1.75. The largest absolute Gasteiger partial charge is 0.494 e. The van der Waals surface area contributed by atoms with E-state index in [0.29, 0.717) is 22.0 Å². The molecule has 0 unspecified atom stereocenters. The summed E-state index contributed by atoms with van der Waals surface area (Å²) in [5, 5.41) is 1.51. The normalized spacial score (nSPS) is 10.5. The van der Waals surface area contributed by atoms with Crippen molar-refractivity contribution in [2.75, 3.05) is 7.11 Å². The predicted molar refractivity (Wildman–Crippen MR) is 73.9 cm³/mol. The number of thiocarbonyl (C=S) groups is 1. The molecule has 0 amide bonds. The first-order chi connectivity index (χ1) is 8.04. The standard InChI is InChI=1S/C12H11ClN2OS/c1-6-5-8(12(14)17)15-11-9(16-2)4-3-7(13)10(6)11/h3-5H,1-2H3,(H2,14,17). The molecular formula is C12H11ClN2OS. The lowest BCUT2D eigenvalue weighted by atomic mass is 10.1. The molecule has 0 saturated heterocycles. The maximum absolute atomic E-state index is 6.16. The number of hydrogen-bond acceptors (Lipinski definition) is 3. The minimum atomic E-state index is 0.261. The minimum absolute atomic E-state index is 0.261. The van der Waals surface area contributed by atoms with Crippen molar-refractivity contribution >= 4 is 39.7 Å². The molecule has 0 aliphatic carbocycles. The van der Waals surface area contributed by atoms with Gasteiger partial charge in [-0.3, -0.25) is 0 Å². The SMILES string of the molecule is COc1ccc(Cl)c2c(C)cc(C(N)=S)nc12. The number of pyridine rings is 1. The molecule has 0 bridgehead atoms. The molecule has 0 radical (unpaired) electrons. The maximum atomic E-state index is 6.16. The molecule has 88 valence electrons. The fourth-order valence-corrected chi connectivity index (χ4v) is 2.16. The Bertz CT molecular complexity index is 613. The van der Waals surface area contributed by atoms with Crippen LogP contribution in [-0.4, -0.2) is 17.1 Å². The van der Waals surface area contributed by atoms with Gasteiger partial charge in [-0.1, -0.05) is 23.8 Å². The van der Waals surface area contributed by atoms with E-state index in [0.717, 1.165) is 10.9 Å². The molecule has 0 spiro atoms. The van der Waals surface area contributed by atoms with Crippen LogP contribution in [0.15, 0.2) is 18.2 Å². The molecule has 1 aromatic carbocycles. The van der Waals surface area contributed by atoms with Gasteiger partial charge in [0.15, 0.2) is 0 Å². The van der Waals surface area contributed by atoms with E-state index in [4.69, 9.17) is 34.3 Å². The molecule has 2 aromatic rings. The number of halogens is 1. The molecule has 2 N–H and O–H groups in total. The van der Waals surface area contributed by atoms with Gasteiger partial charge in [-0.25, -0.2) is 4.98 Å². The highest BCUT2D eigenvalue weighted by Gasteiger charge is 2.12. The zero-order valence-electron chi connectivity index (χ0n) is 9.45. The van der Waals surface area contributed by atoms with Crippen molar-refractivity contribution in [1.82, 2.24) is 4.98 Å². The van der Waals surface area contributed by atoms with Crippen molar-refractivity contribution < 1.29 is 4.74 Å². The van der Waals surface area contributed by atoms with Gasteiger partial charge in [-0.2, -0.15) is 0 Å². The van der Waals surface area contributed by atoms with Gasteiger partial charge in [-0.05, 0) is 30.7 Å². The summed E-state index contributed by atoms with van der Waals surface area (Å²) in [6, 6.07) is 5.40. The molecule has 2 rings (SSSR count). The summed E-state index contributed by atoms with van der Waals surface area (Å²) >= 11 is 11.1. The van der Waals surface area contributed by atoms with E-state index in [1.54, 1.807) is 19.2 Å². The Morgan fingerprint density at radius 1 is 1.47 bits per heavy atom. The van der Waals surface area contributed by atoms with Gasteiger partial charge < -0.3 is 10.5 Å². The van der Waals surface area contributed by atoms with E-state index >= 15 is 0 Å². The quantitative estimate of drug-likeness (QED) is 0.849. The third-order valence-electron chi connectivity index (χ3n) is 2.54. The van der Waals surface area contributed by atoms with Crippen molar-refractivity contribution in [2.24, 2.45) is 5.73 Å². The van der Waals surface area contributed by atoms with Gasteiger partial charge >= 0.3 is 0 Å². The van der Waals surface area contributed by atoms with Crippen LogP contribution in [0, 0.1) is 6.92 Å². The highest BCUT2D eigenvalue weighted by Crippen LogP contribution is 2.32. The topological polar surface area (TPSA) is 48.1 Å². The second kappa shape index (κ2) is 4.47. The molecule has 1 aromatic heterocycles. The number of nitrogens with two attached hydrogens (primary N) is 1. The Morgan fingerprint density at radius 2 is 2.18 bits per heavy atom. The second-order valence-electron chi connectivity index (χ2n) is 3.66. The van der Waals surface area contributed by atoms with Crippen LogP contribution in [0.3, 0.4) is 0 Å². The Morgan fingerprint density at radius 3 is 2.76 bits per heavy atom. The van der Waals surface area contributed by atoms with Crippen LogP contribution in [0.2, 0.25) is 5.02 Å². The number of rotatable bonds is 2. The Balaban J connectivity index is 2.89. The third kappa shape index (κ3) is 2.06. The van der Waals surface area contributed by atoms with E-state index in [2.05, 4.69) is 4.98 Å². The Labute approximate surface area is 110 Å². The average Bonchev–Trinajstić information content (AvgIpc) is 2.28. The van der Waals surface area contributed by atoms with E-state index in [1.807, 2.05) is 13.0 Å². The molecule has 0 aliphatic heterocycles. The number of nitrogens with zero attached hydrogens (tertiary/aromatic N) is 1. The van der Waals surface area contributed by atoms with E-state index in [-0.39, 0.29) is 4.99 Å². The number of aryl methyl sites for hydroxylation is 1. The molecule has 5 heteroatoms. The van der Waals surface area contributed by atoms with Crippen LogP contribution in [-0.2, 0) is 0 Å². The summed E-state index contributed by atoms with van der Waals surface area (Å²) in [6.07, 6.45) is 0. The first-order valence-electron chi connectivity index (χ1n) is 4.98. The molecule has 0 aliphatic rings. The van der Waals surface area contributed by atoms with Gasteiger partial charge in [0.25, 0.3) is 0 Å². The van der Waals surface area contributed by atoms with E-state index < -0.39 is 0 Å². The highest BCUT2D eigenvalue weighted by atomic mass is 35.5. The number of methoxy groups -OCH3 is 1. The first-order valence-corrected chi connectivity index (χ1v) is 5.77. The summed E-state index contributed by atoms with van der Waals surface area (Å²) in [7, 11) is 1.59. The molecule has 17 heavy (non-hydrogen) atoms. The van der Waals surface area contributed by atoms with Gasteiger partial charge in [0.1, 0.15) is 16.3 Å². The Kier molecular flexibility index (Phi) is 3.17. The van der Waals surface area contributed by atoms with Crippen molar-refractivity contribution in [1.29, 1.82) is 0 Å². The van der Waals surface area contributed by atoms with Gasteiger partial charge in [0, 0.05) is 5.39 Å². The van der Waals surface area contributed by atoms with E-state index in [1.165, 1.54) is 0 Å². The van der Waals surface area contributed by atoms with Crippen LogP contribution >= 0.6 is 23.8 Å².